The summed E-state index contributed by atoms with van der Waals surface area (Å²) in [5, 5.41) is 3.56. The Labute approximate surface area is 210 Å². The van der Waals surface area contributed by atoms with Gasteiger partial charge in [0.2, 0.25) is 5.82 Å². The van der Waals surface area contributed by atoms with Gasteiger partial charge in [0.15, 0.2) is 5.75 Å². The first-order chi connectivity index (χ1) is 17.2. The quantitative estimate of drug-likeness (QED) is 0.432. The van der Waals surface area contributed by atoms with E-state index in [0.29, 0.717) is 55.4 Å². The second-order valence-electron chi connectivity index (χ2n) is 8.21. The molecule has 192 valence electrons. The Kier molecular flexibility index (Phi) is 7.74. The maximum Gasteiger partial charge on any atom is 0.451 e. The number of ether oxygens (including phenoxy) is 2. The third kappa shape index (κ3) is 5.76. The molecule has 3 aromatic rings. The molecule has 1 aromatic carbocycles. The van der Waals surface area contributed by atoms with Gasteiger partial charge in [-0.15, -0.1) is 11.3 Å². The summed E-state index contributed by atoms with van der Waals surface area (Å²) in [6, 6.07) is 2.87. The zero-order valence-electron chi connectivity index (χ0n) is 20.1. The number of halogens is 3. The first-order valence-corrected chi connectivity index (χ1v) is 12.2. The molecule has 36 heavy (non-hydrogen) atoms. The Hall–Kier alpha value is -3.25. The number of nitrogens with zero attached hydrogens (tertiary/aromatic N) is 4. The Balaban J connectivity index is 1.63. The Bertz CT molecular complexity index is 1220. The molecule has 12 heteroatoms. The molecule has 4 rings (SSSR count). The van der Waals surface area contributed by atoms with Crippen LogP contribution in [0.15, 0.2) is 30.7 Å². The van der Waals surface area contributed by atoms with E-state index in [2.05, 4.69) is 25.2 Å². The summed E-state index contributed by atoms with van der Waals surface area (Å²) in [4.78, 5) is 27.6. The van der Waals surface area contributed by atoms with Gasteiger partial charge in [0, 0.05) is 47.7 Å². The molecule has 0 saturated carbocycles. The van der Waals surface area contributed by atoms with Gasteiger partial charge in [0.1, 0.15) is 11.6 Å². The number of carbonyl (C=O) groups is 1. The number of hydrogen-bond donors (Lipinski definition) is 1. The van der Waals surface area contributed by atoms with Crippen molar-refractivity contribution in [1.82, 2.24) is 20.3 Å². The average molecular weight is 522 g/mol. The first kappa shape index (κ1) is 25.8. The van der Waals surface area contributed by atoms with E-state index in [1.807, 2.05) is 13.8 Å². The number of aryl methyl sites for hydroxylation is 1. The van der Waals surface area contributed by atoms with E-state index >= 15 is 0 Å². The second-order valence-corrected chi connectivity index (χ2v) is 9.45. The number of amides is 1. The van der Waals surface area contributed by atoms with Crippen molar-refractivity contribution < 1.29 is 27.4 Å². The number of nitrogens with one attached hydrogen (secondary N) is 1. The van der Waals surface area contributed by atoms with Crippen LogP contribution in [0.1, 0.15) is 46.5 Å². The molecule has 0 aliphatic carbocycles. The zero-order chi connectivity index (χ0) is 25.9. The normalized spacial score (nSPS) is 14.2. The van der Waals surface area contributed by atoms with Crippen molar-refractivity contribution in [3.05, 3.63) is 52.6 Å². The molecule has 2 aromatic heterocycles. The summed E-state index contributed by atoms with van der Waals surface area (Å²) >= 11 is 1.50. The standard InChI is InChI=1S/C24H26F3N5O3S/c1-4-34-7-5-32-6-8-35-20-18(22-28-11-14(2)36-22)9-16(10-19(20)32)21(33)31-15(3)17-12-29-23(30-13-17)24(25,26)27/h9-13,15H,4-8H2,1-3H3,(H,31,33)/t15-/m1/s1. The van der Waals surface area contributed by atoms with E-state index in [1.54, 1.807) is 25.3 Å². The van der Waals surface area contributed by atoms with Gasteiger partial charge >= 0.3 is 6.18 Å². The highest BCUT2D eigenvalue weighted by atomic mass is 32.1. The van der Waals surface area contributed by atoms with Crippen molar-refractivity contribution in [3.63, 3.8) is 0 Å². The minimum Gasteiger partial charge on any atom is -0.489 e. The van der Waals surface area contributed by atoms with Crippen LogP contribution in [0, 0.1) is 6.92 Å². The monoisotopic (exact) mass is 521 g/mol. The molecular formula is C24H26F3N5O3S. The summed E-state index contributed by atoms with van der Waals surface area (Å²) in [5.41, 5.74) is 2.21. The maximum absolute atomic E-state index is 13.3. The lowest BCUT2D eigenvalue weighted by Crippen LogP contribution is -2.36. The van der Waals surface area contributed by atoms with Crippen LogP contribution >= 0.6 is 11.3 Å². The van der Waals surface area contributed by atoms with Crippen molar-refractivity contribution in [2.24, 2.45) is 0 Å². The lowest BCUT2D eigenvalue weighted by Gasteiger charge is -2.32. The van der Waals surface area contributed by atoms with Gasteiger partial charge in [-0.1, -0.05) is 0 Å². The smallest absolute Gasteiger partial charge is 0.451 e. The third-order valence-corrected chi connectivity index (χ3v) is 6.56. The number of aromatic nitrogens is 3. The van der Waals surface area contributed by atoms with Gasteiger partial charge in [-0.3, -0.25) is 4.79 Å². The molecule has 0 radical (unpaired) electrons. The number of alkyl halides is 3. The lowest BCUT2D eigenvalue weighted by molar-refractivity contribution is -0.145. The van der Waals surface area contributed by atoms with E-state index in [-0.39, 0.29) is 0 Å². The predicted molar refractivity (Wildman–Crippen MR) is 129 cm³/mol. The highest BCUT2D eigenvalue weighted by molar-refractivity contribution is 7.15. The van der Waals surface area contributed by atoms with E-state index in [0.717, 1.165) is 28.0 Å². The van der Waals surface area contributed by atoms with E-state index < -0.39 is 23.9 Å². The lowest BCUT2D eigenvalue weighted by atomic mass is 10.0. The Morgan fingerprint density at radius 1 is 1.25 bits per heavy atom. The summed E-state index contributed by atoms with van der Waals surface area (Å²) in [7, 11) is 0. The van der Waals surface area contributed by atoms with Gasteiger partial charge < -0.3 is 19.7 Å². The fourth-order valence-electron chi connectivity index (χ4n) is 3.77. The molecule has 0 bridgehead atoms. The highest BCUT2D eigenvalue weighted by Crippen LogP contribution is 2.43. The van der Waals surface area contributed by atoms with Gasteiger partial charge in [-0.25, -0.2) is 15.0 Å². The number of hydrogen-bond acceptors (Lipinski definition) is 8. The van der Waals surface area contributed by atoms with Gasteiger partial charge in [0.25, 0.3) is 5.91 Å². The summed E-state index contributed by atoms with van der Waals surface area (Å²) < 4.78 is 49.9. The van der Waals surface area contributed by atoms with Crippen LogP contribution in [0.25, 0.3) is 10.6 Å². The van der Waals surface area contributed by atoms with Crippen LogP contribution in [0.3, 0.4) is 0 Å². The molecule has 3 heterocycles. The maximum atomic E-state index is 13.3. The van der Waals surface area contributed by atoms with E-state index in [4.69, 9.17) is 9.47 Å². The first-order valence-electron chi connectivity index (χ1n) is 11.4. The molecule has 0 unspecified atom stereocenters. The average Bonchev–Trinajstić information content (AvgIpc) is 3.29. The second kappa shape index (κ2) is 10.8. The van der Waals surface area contributed by atoms with Crippen molar-refractivity contribution in [2.45, 2.75) is 33.0 Å². The summed E-state index contributed by atoms with van der Waals surface area (Å²) in [6.45, 7) is 8.44. The van der Waals surface area contributed by atoms with Gasteiger partial charge in [0.05, 0.1) is 30.4 Å². The number of anilines is 1. The van der Waals surface area contributed by atoms with Gasteiger partial charge in [-0.05, 0) is 32.9 Å². The van der Waals surface area contributed by atoms with Crippen LogP contribution in [0.5, 0.6) is 5.75 Å². The van der Waals surface area contributed by atoms with Crippen molar-refractivity contribution >= 4 is 22.9 Å². The van der Waals surface area contributed by atoms with Crippen LogP contribution in [-0.4, -0.2) is 53.8 Å². The molecule has 0 saturated heterocycles. The molecule has 8 nitrogen and oxygen atoms in total. The van der Waals surface area contributed by atoms with Crippen molar-refractivity contribution in [2.75, 3.05) is 37.8 Å². The highest BCUT2D eigenvalue weighted by Gasteiger charge is 2.34. The van der Waals surface area contributed by atoms with Crippen LogP contribution < -0.4 is 15.0 Å². The minimum atomic E-state index is -4.63. The fourth-order valence-corrected chi connectivity index (χ4v) is 4.55. The predicted octanol–water partition coefficient (Wildman–Crippen LogP) is 4.65. The molecule has 0 spiro atoms. The van der Waals surface area contributed by atoms with Crippen LogP contribution in [0.4, 0.5) is 18.9 Å². The molecule has 1 N–H and O–H groups in total. The number of carbonyl (C=O) groups excluding carboxylic acids is 1. The van der Waals surface area contributed by atoms with Crippen molar-refractivity contribution in [1.29, 1.82) is 0 Å². The molecule has 1 aliphatic rings. The number of rotatable bonds is 8. The largest absolute Gasteiger partial charge is 0.489 e. The van der Waals surface area contributed by atoms with Crippen molar-refractivity contribution in [3.8, 4) is 16.3 Å². The number of benzene rings is 1. The fraction of sp³-hybridized carbons (Fsp3) is 0.417. The zero-order valence-corrected chi connectivity index (χ0v) is 20.9. The topological polar surface area (TPSA) is 89.5 Å². The SMILES string of the molecule is CCOCCN1CCOc2c(-c3ncc(C)s3)cc(C(=O)N[C@H](C)c3cnc(C(F)(F)F)nc3)cc21. The minimum absolute atomic E-state index is 0.353. The molecular weight excluding hydrogens is 495 g/mol. The summed E-state index contributed by atoms with van der Waals surface area (Å²) in [6.07, 6.45) is -0.724. The molecule has 1 amide bonds. The Morgan fingerprint density at radius 2 is 2.00 bits per heavy atom. The van der Waals surface area contributed by atoms with E-state index in [1.165, 1.54) is 11.3 Å². The van der Waals surface area contributed by atoms with Gasteiger partial charge in [-0.2, -0.15) is 13.2 Å². The van der Waals surface area contributed by atoms with Crippen LogP contribution in [0.2, 0.25) is 0 Å². The molecule has 1 atom stereocenters. The van der Waals surface area contributed by atoms with E-state index in [9.17, 15) is 18.0 Å². The number of thiazole rings is 1. The summed E-state index contributed by atoms with van der Waals surface area (Å²) in [5.74, 6) is -0.960. The van der Waals surface area contributed by atoms with Crippen LogP contribution in [-0.2, 0) is 10.9 Å². The third-order valence-electron chi connectivity index (χ3n) is 5.61. The number of fused-ring (bicyclic) bond motifs is 1. The molecule has 1 aliphatic heterocycles. The Morgan fingerprint density at radius 3 is 2.64 bits per heavy atom. The molecule has 0 fully saturated rings.